The third kappa shape index (κ3) is 3.72. The van der Waals surface area contributed by atoms with Crippen LogP contribution in [0.3, 0.4) is 0 Å². The number of nitrogens with zero attached hydrogens (tertiary/aromatic N) is 4. The van der Waals surface area contributed by atoms with Crippen LogP contribution >= 0.6 is 0 Å². The normalized spacial score (nSPS) is 16.2. The van der Waals surface area contributed by atoms with Crippen LogP contribution in [0.4, 0.5) is 0 Å². The molecule has 2 aromatic heterocycles. The van der Waals surface area contributed by atoms with Gasteiger partial charge >= 0.3 is 5.69 Å². The van der Waals surface area contributed by atoms with E-state index in [1.54, 1.807) is 13.1 Å². The van der Waals surface area contributed by atoms with Crippen LogP contribution in [-0.2, 0) is 18.9 Å². The van der Waals surface area contributed by atoms with Gasteiger partial charge in [0.05, 0.1) is 18.4 Å². The molecule has 0 aliphatic carbocycles. The Labute approximate surface area is 173 Å². The number of aryl methyl sites for hydroxylation is 1. The van der Waals surface area contributed by atoms with Crippen molar-refractivity contribution in [2.24, 2.45) is 14.1 Å². The molecule has 3 heterocycles. The molecule has 0 radical (unpaired) electrons. The molecular formula is C22H24N4O4. The van der Waals surface area contributed by atoms with Gasteiger partial charge in [0.25, 0.3) is 5.56 Å². The second kappa shape index (κ2) is 8.14. The van der Waals surface area contributed by atoms with Gasteiger partial charge in [0.1, 0.15) is 11.4 Å². The number of hydrogen-bond acceptors (Lipinski definition) is 5. The average Bonchev–Trinajstić information content (AvgIpc) is 3.27. The quantitative estimate of drug-likeness (QED) is 0.637. The number of ether oxygens (including phenoxy) is 1. The molecule has 8 heteroatoms. The summed E-state index contributed by atoms with van der Waals surface area (Å²) in [7, 11) is 3.07. The van der Waals surface area contributed by atoms with Crippen molar-refractivity contribution in [3.63, 3.8) is 0 Å². The lowest BCUT2D eigenvalue weighted by Gasteiger charge is -2.17. The maximum absolute atomic E-state index is 12.5. The first kappa shape index (κ1) is 19.9. The first-order valence-electron chi connectivity index (χ1n) is 9.98. The lowest BCUT2D eigenvalue weighted by molar-refractivity contribution is -0.130. The van der Waals surface area contributed by atoms with Crippen LogP contribution in [0.1, 0.15) is 24.5 Å². The van der Waals surface area contributed by atoms with Crippen LogP contribution in [0.2, 0.25) is 0 Å². The Morgan fingerprint density at radius 3 is 2.63 bits per heavy atom. The molecule has 8 nitrogen and oxygen atoms in total. The van der Waals surface area contributed by atoms with Crippen LogP contribution in [0, 0.1) is 0 Å². The van der Waals surface area contributed by atoms with Crippen molar-refractivity contribution in [3.05, 3.63) is 69.0 Å². The van der Waals surface area contributed by atoms with E-state index >= 15 is 0 Å². The number of carbonyl (C=O) groups excluding carboxylic acids is 1. The van der Waals surface area contributed by atoms with E-state index in [0.717, 1.165) is 22.4 Å². The molecule has 30 heavy (non-hydrogen) atoms. The summed E-state index contributed by atoms with van der Waals surface area (Å²) in [6.07, 6.45) is 1.11. The zero-order chi connectivity index (χ0) is 21.3. The SMILES string of the molecule is Cn1c(=O)c2ccc([C@@H]3CCN(C(=O)CCOc4ccccc4)C3)nc2n(C)c1=O. The fourth-order valence-corrected chi connectivity index (χ4v) is 3.86. The molecule has 1 aliphatic rings. The summed E-state index contributed by atoms with van der Waals surface area (Å²) < 4.78 is 8.09. The van der Waals surface area contributed by atoms with Crippen LogP contribution in [0.25, 0.3) is 11.0 Å². The van der Waals surface area contributed by atoms with E-state index in [2.05, 4.69) is 4.98 Å². The van der Waals surface area contributed by atoms with Crippen molar-refractivity contribution in [1.82, 2.24) is 19.0 Å². The van der Waals surface area contributed by atoms with Crippen molar-refractivity contribution in [2.45, 2.75) is 18.8 Å². The van der Waals surface area contributed by atoms with Crippen LogP contribution < -0.4 is 16.0 Å². The number of amides is 1. The molecule has 1 aliphatic heterocycles. The highest BCUT2D eigenvalue weighted by molar-refractivity contribution is 5.77. The Morgan fingerprint density at radius 2 is 1.87 bits per heavy atom. The molecule has 1 amide bonds. The molecule has 0 unspecified atom stereocenters. The minimum atomic E-state index is -0.404. The molecule has 1 fully saturated rings. The lowest BCUT2D eigenvalue weighted by Crippen LogP contribution is -2.37. The summed E-state index contributed by atoms with van der Waals surface area (Å²) in [6.45, 7) is 1.56. The number of rotatable bonds is 5. The van der Waals surface area contributed by atoms with Crippen molar-refractivity contribution >= 4 is 16.9 Å². The highest BCUT2D eigenvalue weighted by atomic mass is 16.5. The summed E-state index contributed by atoms with van der Waals surface area (Å²) >= 11 is 0. The number of benzene rings is 1. The number of carbonyl (C=O) groups is 1. The van der Waals surface area contributed by atoms with Crippen molar-refractivity contribution < 1.29 is 9.53 Å². The van der Waals surface area contributed by atoms with Gasteiger partial charge in [-0.15, -0.1) is 0 Å². The van der Waals surface area contributed by atoms with E-state index in [4.69, 9.17) is 4.74 Å². The fraction of sp³-hybridized carbons (Fsp3) is 0.364. The molecule has 1 aromatic carbocycles. The second-order valence-corrected chi connectivity index (χ2v) is 7.55. The van der Waals surface area contributed by atoms with E-state index < -0.39 is 5.69 Å². The minimum Gasteiger partial charge on any atom is -0.493 e. The van der Waals surface area contributed by atoms with Gasteiger partial charge in [-0.2, -0.15) is 0 Å². The van der Waals surface area contributed by atoms with Gasteiger partial charge < -0.3 is 9.64 Å². The standard InChI is InChI=1S/C22H24N4O4/c1-24-20-17(21(28)25(2)22(24)29)8-9-18(23-20)15-10-12-26(14-15)19(27)11-13-30-16-6-4-3-5-7-16/h3-9,15H,10-14H2,1-2H3/t15-/m1/s1. The van der Waals surface area contributed by atoms with Crippen LogP contribution in [0.5, 0.6) is 5.75 Å². The minimum absolute atomic E-state index is 0.0514. The Hall–Kier alpha value is -3.42. The molecule has 1 saturated heterocycles. The molecule has 3 aromatic rings. The van der Waals surface area contributed by atoms with Crippen LogP contribution in [0.15, 0.2) is 52.1 Å². The Kier molecular flexibility index (Phi) is 5.39. The third-order valence-electron chi connectivity index (χ3n) is 5.61. The number of aromatic nitrogens is 3. The zero-order valence-corrected chi connectivity index (χ0v) is 17.1. The molecule has 1 atom stereocenters. The summed E-state index contributed by atoms with van der Waals surface area (Å²) in [4.78, 5) is 43.5. The van der Waals surface area contributed by atoms with Crippen molar-refractivity contribution in [1.29, 1.82) is 0 Å². The van der Waals surface area contributed by atoms with Gasteiger partial charge in [-0.25, -0.2) is 9.78 Å². The molecule has 0 saturated carbocycles. The largest absolute Gasteiger partial charge is 0.493 e. The molecule has 0 spiro atoms. The first-order chi connectivity index (χ1) is 14.5. The monoisotopic (exact) mass is 408 g/mol. The van der Waals surface area contributed by atoms with Gasteiger partial charge in [0.15, 0.2) is 0 Å². The Bertz CT molecular complexity index is 1200. The highest BCUT2D eigenvalue weighted by Gasteiger charge is 2.28. The summed E-state index contributed by atoms with van der Waals surface area (Å²) in [6, 6.07) is 13.0. The summed E-state index contributed by atoms with van der Waals surface area (Å²) in [5.74, 6) is 0.879. The number of likely N-dealkylation sites (tertiary alicyclic amines) is 1. The van der Waals surface area contributed by atoms with Gasteiger partial charge in [0.2, 0.25) is 5.91 Å². The first-order valence-corrected chi connectivity index (χ1v) is 9.98. The number of pyridine rings is 1. The average molecular weight is 408 g/mol. The Morgan fingerprint density at radius 1 is 1.10 bits per heavy atom. The van der Waals surface area contributed by atoms with E-state index in [-0.39, 0.29) is 17.4 Å². The predicted octanol–water partition coefficient (Wildman–Crippen LogP) is 1.42. The van der Waals surface area contributed by atoms with E-state index in [1.807, 2.05) is 41.3 Å². The van der Waals surface area contributed by atoms with Gasteiger partial charge in [-0.1, -0.05) is 18.2 Å². The van der Waals surface area contributed by atoms with E-state index in [1.165, 1.54) is 11.6 Å². The predicted molar refractivity (Wildman–Crippen MR) is 113 cm³/mol. The number of hydrogen-bond donors (Lipinski definition) is 0. The van der Waals surface area contributed by atoms with E-state index in [0.29, 0.717) is 37.2 Å². The number of para-hydroxylation sites is 1. The molecule has 156 valence electrons. The number of fused-ring (bicyclic) bond motifs is 1. The molecule has 4 rings (SSSR count). The van der Waals surface area contributed by atoms with Crippen molar-refractivity contribution in [3.8, 4) is 5.75 Å². The van der Waals surface area contributed by atoms with Gasteiger partial charge in [-0.05, 0) is 30.7 Å². The summed E-state index contributed by atoms with van der Waals surface area (Å²) in [5.41, 5.74) is 0.413. The molecular weight excluding hydrogens is 384 g/mol. The molecule has 0 bridgehead atoms. The topological polar surface area (TPSA) is 86.4 Å². The van der Waals surface area contributed by atoms with E-state index in [9.17, 15) is 14.4 Å². The molecule has 0 N–H and O–H groups in total. The maximum Gasteiger partial charge on any atom is 0.332 e. The van der Waals surface area contributed by atoms with Gasteiger partial charge in [-0.3, -0.25) is 18.7 Å². The fourth-order valence-electron chi connectivity index (χ4n) is 3.86. The van der Waals surface area contributed by atoms with Gasteiger partial charge in [0, 0.05) is 38.8 Å². The third-order valence-corrected chi connectivity index (χ3v) is 5.61. The smallest absolute Gasteiger partial charge is 0.332 e. The highest BCUT2D eigenvalue weighted by Crippen LogP contribution is 2.27. The maximum atomic E-state index is 12.5. The van der Waals surface area contributed by atoms with Crippen molar-refractivity contribution in [2.75, 3.05) is 19.7 Å². The van der Waals surface area contributed by atoms with Crippen LogP contribution in [-0.4, -0.2) is 44.6 Å². The lowest BCUT2D eigenvalue weighted by atomic mass is 10.0. The Balaban J connectivity index is 1.44. The zero-order valence-electron chi connectivity index (χ0n) is 17.1. The second-order valence-electron chi connectivity index (χ2n) is 7.55. The summed E-state index contributed by atoms with van der Waals surface area (Å²) in [5, 5.41) is 0.410.